The maximum Gasteiger partial charge on any atom is 0.177 e. The summed E-state index contributed by atoms with van der Waals surface area (Å²) in [6.45, 7) is 7.42. The molecule has 0 aliphatic carbocycles. The van der Waals surface area contributed by atoms with E-state index in [1.807, 2.05) is 20.8 Å². The Balaban J connectivity index is 2.47. The van der Waals surface area contributed by atoms with Gasteiger partial charge in [0, 0.05) is 5.69 Å². The van der Waals surface area contributed by atoms with Gasteiger partial charge < -0.3 is 9.72 Å². The molecule has 1 N–H and O–H groups in total. The predicted molar refractivity (Wildman–Crippen MR) is 67.9 cm³/mol. The van der Waals surface area contributed by atoms with Crippen molar-refractivity contribution in [3.05, 3.63) is 29.5 Å². The van der Waals surface area contributed by atoms with E-state index in [2.05, 4.69) is 4.98 Å². The van der Waals surface area contributed by atoms with Crippen LogP contribution in [-0.4, -0.2) is 11.1 Å². The number of H-pyrrole nitrogens is 1. The van der Waals surface area contributed by atoms with Gasteiger partial charge in [0.1, 0.15) is 0 Å². The molecule has 1 aromatic carbocycles. The average Bonchev–Trinajstić information content (AvgIpc) is 2.59. The summed E-state index contributed by atoms with van der Waals surface area (Å²) in [6, 6.07) is 3.17. The van der Waals surface area contributed by atoms with Gasteiger partial charge in [0.25, 0.3) is 0 Å². The molecule has 0 amide bonds. The van der Waals surface area contributed by atoms with Crippen molar-refractivity contribution in [3.63, 3.8) is 0 Å². The van der Waals surface area contributed by atoms with Crippen LogP contribution in [0.3, 0.4) is 0 Å². The molecule has 0 bridgehead atoms. The minimum absolute atomic E-state index is 0.0269. The van der Waals surface area contributed by atoms with Crippen LogP contribution in [0.4, 0.5) is 8.78 Å². The van der Waals surface area contributed by atoms with Gasteiger partial charge in [0.2, 0.25) is 0 Å². The van der Waals surface area contributed by atoms with Gasteiger partial charge in [0.05, 0.1) is 17.0 Å². The van der Waals surface area contributed by atoms with Crippen LogP contribution in [0.1, 0.15) is 26.5 Å². The monoisotopic (exact) mass is 253 g/mol. The standard InChI is InChI=1S/C14H17F2NO/c1-7(2)9(4)18-11-6-5-10-12(14(11)16)13(15)8(3)17-10/h5-7,9,17H,1-4H3. The van der Waals surface area contributed by atoms with Gasteiger partial charge in [-0.2, -0.15) is 0 Å². The first-order chi connectivity index (χ1) is 8.41. The lowest BCUT2D eigenvalue weighted by molar-refractivity contribution is 0.164. The topological polar surface area (TPSA) is 25.0 Å². The largest absolute Gasteiger partial charge is 0.487 e. The molecule has 0 saturated heterocycles. The van der Waals surface area contributed by atoms with Crippen molar-refractivity contribution in [2.45, 2.75) is 33.8 Å². The van der Waals surface area contributed by atoms with Crippen LogP contribution in [0.2, 0.25) is 0 Å². The maximum absolute atomic E-state index is 14.2. The molecular formula is C14H17F2NO. The molecule has 1 aromatic heterocycles. The second-order valence-electron chi connectivity index (χ2n) is 4.93. The minimum atomic E-state index is -0.637. The molecule has 1 heterocycles. The molecule has 2 rings (SSSR count). The van der Waals surface area contributed by atoms with Crippen LogP contribution in [0.15, 0.2) is 12.1 Å². The highest BCUT2D eigenvalue weighted by Crippen LogP contribution is 2.30. The fraction of sp³-hybridized carbons (Fsp3) is 0.429. The lowest BCUT2D eigenvalue weighted by Crippen LogP contribution is -2.19. The number of rotatable bonds is 3. The van der Waals surface area contributed by atoms with Crippen LogP contribution in [0, 0.1) is 24.5 Å². The molecule has 0 fully saturated rings. The zero-order valence-electron chi connectivity index (χ0n) is 11.0. The summed E-state index contributed by atoms with van der Waals surface area (Å²) in [5.41, 5.74) is 0.782. The highest BCUT2D eigenvalue weighted by atomic mass is 19.1. The summed E-state index contributed by atoms with van der Waals surface area (Å²) < 4.78 is 33.5. The zero-order valence-corrected chi connectivity index (χ0v) is 11.0. The molecule has 1 atom stereocenters. The molecular weight excluding hydrogens is 236 g/mol. The van der Waals surface area contributed by atoms with Crippen molar-refractivity contribution in [3.8, 4) is 5.75 Å². The molecule has 0 saturated carbocycles. The van der Waals surface area contributed by atoms with Gasteiger partial charge >= 0.3 is 0 Å². The normalized spacial score (nSPS) is 13.3. The quantitative estimate of drug-likeness (QED) is 0.872. The molecule has 1 unspecified atom stereocenters. The molecule has 0 aliphatic rings. The molecule has 98 valence electrons. The third-order valence-electron chi connectivity index (χ3n) is 3.23. The molecule has 0 aliphatic heterocycles. The van der Waals surface area contributed by atoms with Gasteiger partial charge in [-0.25, -0.2) is 8.78 Å². The molecule has 4 heteroatoms. The van der Waals surface area contributed by atoms with Crippen LogP contribution in [0.25, 0.3) is 10.9 Å². The molecule has 18 heavy (non-hydrogen) atoms. The summed E-state index contributed by atoms with van der Waals surface area (Å²) in [4.78, 5) is 2.80. The number of ether oxygens (including phenoxy) is 1. The number of hydrogen-bond acceptors (Lipinski definition) is 1. The Morgan fingerprint density at radius 1 is 1.11 bits per heavy atom. The van der Waals surface area contributed by atoms with Crippen LogP contribution >= 0.6 is 0 Å². The lowest BCUT2D eigenvalue weighted by Gasteiger charge is -2.18. The number of aryl methyl sites for hydroxylation is 1. The third kappa shape index (κ3) is 2.07. The minimum Gasteiger partial charge on any atom is -0.487 e. The van der Waals surface area contributed by atoms with E-state index in [9.17, 15) is 8.78 Å². The van der Waals surface area contributed by atoms with Crippen molar-refractivity contribution in [1.82, 2.24) is 4.98 Å². The first-order valence-electron chi connectivity index (χ1n) is 6.04. The molecule has 2 nitrogen and oxygen atoms in total. The van der Waals surface area contributed by atoms with Crippen molar-refractivity contribution in [2.24, 2.45) is 5.92 Å². The number of benzene rings is 1. The Morgan fingerprint density at radius 2 is 1.78 bits per heavy atom. The van der Waals surface area contributed by atoms with Gasteiger partial charge in [0.15, 0.2) is 17.4 Å². The summed E-state index contributed by atoms with van der Waals surface area (Å²) in [5.74, 6) is -0.827. The fourth-order valence-corrected chi connectivity index (χ4v) is 1.75. The van der Waals surface area contributed by atoms with Crippen molar-refractivity contribution < 1.29 is 13.5 Å². The highest BCUT2D eigenvalue weighted by Gasteiger charge is 2.18. The second kappa shape index (κ2) is 4.59. The van der Waals surface area contributed by atoms with Crippen molar-refractivity contribution >= 4 is 10.9 Å². The first kappa shape index (κ1) is 12.9. The molecule has 0 radical (unpaired) electrons. The summed E-state index contributed by atoms with van der Waals surface area (Å²) in [7, 11) is 0. The average molecular weight is 253 g/mol. The predicted octanol–water partition coefficient (Wildman–Crippen LogP) is 4.18. The first-order valence-corrected chi connectivity index (χ1v) is 6.04. The Kier molecular flexibility index (Phi) is 3.28. The Bertz CT molecular complexity index is 575. The van der Waals surface area contributed by atoms with Crippen LogP contribution < -0.4 is 4.74 Å². The van der Waals surface area contributed by atoms with E-state index in [1.54, 1.807) is 13.0 Å². The fourth-order valence-electron chi connectivity index (χ4n) is 1.75. The number of hydrogen-bond donors (Lipinski definition) is 1. The number of fused-ring (bicyclic) bond motifs is 1. The molecule has 2 aromatic rings. The summed E-state index contributed by atoms with van der Waals surface area (Å²) in [5, 5.41) is -0.0269. The number of nitrogens with one attached hydrogen (secondary N) is 1. The zero-order chi connectivity index (χ0) is 13.4. The Labute approximate surface area is 105 Å². The highest BCUT2D eigenvalue weighted by molar-refractivity contribution is 5.83. The smallest absolute Gasteiger partial charge is 0.177 e. The number of aromatic amines is 1. The maximum atomic E-state index is 14.2. The van der Waals surface area contributed by atoms with E-state index >= 15 is 0 Å². The van der Waals surface area contributed by atoms with Gasteiger partial charge in [-0.15, -0.1) is 0 Å². The van der Waals surface area contributed by atoms with E-state index in [-0.39, 0.29) is 23.2 Å². The van der Waals surface area contributed by atoms with Crippen molar-refractivity contribution in [2.75, 3.05) is 0 Å². The van der Waals surface area contributed by atoms with Crippen LogP contribution in [-0.2, 0) is 0 Å². The third-order valence-corrected chi connectivity index (χ3v) is 3.23. The van der Waals surface area contributed by atoms with E-state index < -0.39 is 11.6 Å². The van der Waals surface area contributed by atoms with E-state index in [0.717, 1.165) is 0 Å². The van der Waals surface area contributed by atoms with Crippen molar-refractivity contribution in [1.29, 1.82) is 0 Å². The number of halogens is 2. The van der Waals surface area contributed by atoms with Gasteiger partial charge in [-0.05, 0) is 31.9 Å². The molecule has 0 spiro atoms. The van der Waals surface area contributed by atoms with Crippen LogP contribution in [0.5, 0.6) is 5.75 Å². The summed E-state index contributed by atoms with van der Waals surface area (Å²) in [6.07, 6.45) is -0.125. The second-order valence-corrected chi connectivity index (χ2v) is 4.93. The number of aromatic nitrogens is 1. The van der Waals surface area contributed by atoms with Gasteiger partial charge in [-0.1, -0.05) is 13.8 Å². The Morgan fingerprint density at radius 3 is 2.39 bits per heavy atom. The lowest BCUT2D eigenvalue weighted by atomic mass is 10.1. The van der Waals surface area contributed by atoms with E-state index in [0.29, 0.717) is 11.2 Å². The van der Waals surface area contributed by atoms with E-state index in [1.165, 1.54) is 6.07 Å². The Hall–Kier alpha value is -1.58. The van der Waals surface area contributed by atoms with E-state index in [4.69, 9.17) is 4.74 Å². The SMILES string of the molecule is Cc1[nH]c2ccc(OC(C)C(C)C)c(F)c2c1F. The van der Waals surface area contributed by atoms with Gasteiger partial charge in [-0.3, -0.25) is 0 Å². The summed E-state index contributed by atoms with van der Waals surface area (Å²) >= 11 is 0.